The minimum atomic E-state index is -1.01. The standard InChI is InChI=1S/C44H75N3O10/c1-25-23-43(14-4-5-15-43)44(31(9-10-32(44)42(52)53)27-12-16-46-39(45)21-27)38(47-25)24-56-37-20-28(19-36(55-3)40(37)51)41-30(13-17-48)34(50)22-29(57-41)8-6-26-7-11-33(49)35(18-26)54-2/h9-10,25-41,46-51H,4-8,11-24,45H2,1-3H3,(H,52,53)/p+1/t25-,26?,27?,28?,29-,30-,31-,32-,33?,34-,35?,36?,37?,38+,39?,40?,41-,44+/m0/s1. The van der Waals surface area contributed by atoms with Crippen LogP contribution in [0.3, 0.4) is 0 Å². The highest BCUT2D eigenvalue weighted by molar-refractivity contribution is 5.73. The number of rotatable bonds is 13. The van der Waals surface area contributed by atoms with Gasteiger partial charge in [0.2, 0.25) is 0 Å². The van der Waals surface area contributed by atoms with E-state index < -0.39 is 47.8 Å². The maximum atomic E-state index is 13.3. The van der Waals surface area contributed by atoms with Crippen LogP contribution in [0.5, 0.6) is 0 Å². The van der Waals surface area contributed by atoms with Gasteiger partial charge in [0, 0.05) is 63.3 Å². The lowest BCUT2D eigenvalue weighted by atomic mass is 9.45. The lowest BCUT2D eigenvalue weighted by Gasteiger charge is -2.61. The van der Waals surface area contributed by atoms with Crippen LogP contribution in [0.15, 0.2) is 12.2 Å². The van der Waals surface area contributed by atoms with Crippen molar-refractivity contribution in [2.24, 2.45) is 52.1 Å². The third-order valence-corrected chi connectivity index (χ3v) is 16.7. The molecule has 3 saturated carbocycles. The van der Waals surface area contributed by atoms with E-state index in [2.05, 4.69) is 23.6 Å². The van der Waals surface area contributed by atoms with Gasteiger partial charge in [-0.3, -0.25) is 5.73 Å². The minimum absolute atomic E-state index is 0.00343. The first-order chi connectivity index (χ1) is 27.4. The normalized spacial score (nSPS) is 47.5. The number of nitrogens with two attached hydrogens (primary N) is 3. The van der Waals surface area contributed by atoms with E-state index in [-0.39, 0.29) is 72.3 Å². The Morgan fingerprint density at radius 1 is 0.912 bits per heavy atom. The molecule has 0 radical (unpaired) electrons. The fourth-order valence-electron chi connectivity index (χ4n) is 14.3. The fraction of sp³-hybridized carbons (Fsp3) is 0.932. The summed E-state index contributed by atoms with van der Waals surface area (Å²) in [6, 6.07) is 0.117. The number of ether oxygens (including phenoxy) is 4. The summed E-state index contributed by atoms with van der Waals surface area (Å²) in [6.07, 6.45) is 13.6. The van der Waals surface area contributed by atoms with E-state index in [1.54, 1.807) is 14.2 Å². The molecule has 326 valence electrons. The number of hydrogen-bond donors (Lipinski definition) is 7. The predicted molar refractivity (Wildman–Crippen MR) is 209 cm³/mol. The molecule has 0 bridgehead atoms. The molecule has 13 nitrogen and oxygen atoms in total. The van der Waals surface area contributed by atoms with Crippen molar-refractivity contribution < 1.29 is 59.9 Å². The van der Waals surface area contributed by atoms with Gasteiger partial charge in [-0.15, -0.1) is 0 Å². The number of carboxylic acid groups (broad SMARTS) is 1. The highest BCUT2D eigenvalue weighted by atomic mass is 16.5. The fourth-order valence-corrected chi connectivity index (χ4v) is 14.3. The van der Waals surface area contributed by atoms with Crippen LogP contribution in [0, 0.1) is 46.3 Å². The number of allylic oxidation sites excluding steroid dienone is 1. The Morgan fingerprint density at radius 2 is 1.67 bits per heavy atom. The van der Waals surface area contributed by atoms with Gasteiger partial charge < -0.3 is 59.9 Å². The van der Waals surface area contributed by atoms with E-state index in [1.165, 1.54) is 0 Å². The number of piperidine rings is 2. The van der Waals surface area contributed by atoms with E-state index in [9.17, 15) is 30.3 Å². The highest BCUT2D eigenvalue weighted by Gasteiger charge is 2.70. The van der Waals surface area contributed by atoms with Gasteiger partial charge in [0.25, 0.3) is 0 Å². The van der Waals surface area contributed by atoms with Gasteiger partial charge in [0.15, 0.2) is 0 Å². The van der Waals surface area contributed by atoms with E-state index in [4.69, 9.17) is 24.7 Å². The van der Waals surface area contributed by atoms with E-state index >= 15 is 0 Å². The first-order valence-corrected chi connectivity index (χ1v) is 22.7. The van der Waals surface area contributed by atoms with Gasteiger partial charge in [0.1, 0.15) is 18.3 Å². The Labute approximate surface area is 340 Å². The molecule has 13 heteroatoms. The molecule has 2 spiro atoms. The van der Waals surface area contributed by atoms with Gasteiger partial charge in [-0.05, 0) is 107 Å². The Morgan fingerprint density at radius 3 is 2.37 bits per heavy atom. The third-order valence-electron chi connectivity index (χ3n) is 16.7. The number of aliphatic carboxylic acids is 1. The van der Waals surface area contributed by atoms with Gasteiger partial charge in [0.05, 0.1) is 61.9 Å². The molecule has 18 atom stereocenters. The SMILES string of the molecule is COC1CC(CC[C@H]2C[C@H](O)[C@H](CCO)[C@H](C3CC(OC)C(O)C(OC[C@H]4[NH2+][C@@H](C)CC5(CCCC5)[C@]45[C@H](C(=O)[O-])C=C[C@H]5C4CC[NH2+]C(N)C4)C3)O2)CCC1O. The molecule has 3 heterocycles. The number of carbonyl (C=O) groups is 1. The second-order valence-electron chi connectivity index (χ2n) is 19.7. The van der Waals surface area contributed by atoms with Crippen LogP contribution in [-0.4, -0.2) is 127 Å². The van der Waals surface area contributed by atoms with Crippen molar-refractivity contribution >= 4 is 5.97 Å². The third kappa shape index (κ3) is 8.65. The first-order valence-electron chi connectivity index (χ1n) is 22.7. The van der Waals surface area contributed by atoms with Crippen molar-refractivity contribution in [3.05, 3.63) is 12.2 Å². The van der Waals surface area contributed by atoms with Crippen molar-refractivity contribution in [3.63, 3.8) is 0 Å². The van der Waals surface area contributed by atoms with Crippen LogP contribution >= 0.6 is 0 Å². The molecule has 0 aromatic heterocycles. The summed E-state index contributed by atoms with van der Waals surface area (Å²) in [5.41, 5.74) is 5.79. The zero-order valence-corrected chi connectivity index (χ0v) is 34.9. The molecule has 7 rings (SSSR count). The first kappa shape index (κ1) is 43.8. The molecule has 7 aliphatic rings. The molecule has 3 saturated heterocycles. The lowest BCUT2D eigenvalue weighted by Crippen LogP contribution is -3.03. The Kier molecular flexibility index (Phi) is 14.5. The maximum absolute atomic E-state index is 13.3. The molecule has 6 fully saturated rings. The summed E-state index contributed by atoms with van der Waals surface area (Å²) in [5, 5.41) is 61.8. The number of hydrogen-bond acceptors (Lipinski definition) is 11. The van der Waals surface area contributed by atoms with Crippen LogP contribution in [-0.2, 0) is 23.7 Å². The van der Waals surface area contributed by atoms with E-state index in [0.29, 0.717) is 38.2 Å². The van der Waals surface area contributed by atoms with Crippen molar-refractivity contribution in [1.82, 2.24) is 0 Å². The van der Waals surface area contributed by atoms with Crippen LogP contribution in [0.1, 0.15) is 110 Å². The minimum Gasteiger partial charge on any atom is -0.549 e. The second-order valence-corrected chi connectivity index (χ2v) is 19.7. The molecule has 4 aliphatic carbocycles. The molecule has 9 unspecified atom stereocenters. The molecule has 3 aliphatic heterocycles. The van der Waals surface area contributed by atoms with Crippen LogP contribution in [0.4, 0.5) is 0 Å². The summed E-state index contributed by atoms with van der Waals surface area (Å²) < 4.78 is 25.4. The molecular weight excluding hydrogens is 730 g/mol. The summed E-state index contributed by atoms with van der Waals surface area (Å²) in [4.78, 5) is 13.3. The molecule has 0 aromatic rings. The second kappa shape index (κ2) is 18.8. The van der Waals surface area contributed by atoms with E-state index in [1.807, 2.05) is 6.08 Å². The summed E-state index contributed by atoms with van der Waals surface area (Å²) in [6.45, 7) is 3.43. The Hall–Kier alpha value is -1.23. The van der Waals surface area contributed by atoms with E-state index in [0.717, 1.165) is 83.6 Å². The van der Waals surface area contributed by atoms with Crippen molar-refractivity contribution in [2.45, 2.75) is 177 Å². The molecule has 0 aromatic carbocycles. The Balaban J connectivity index is 1.12. The summed E-state index contributed by atoms with van der Waals surface area (Å²) in [7, 11) is 3.28. The summed E-state index contributed by atoms with van der Waals surface area (Å²) in [5.74, 6) is -1.37. The van der Waals surface area contributed by atoms with Gasteiger partial charge >= 0.3 is 0 Å². The van der Waals surface area contributed by atoms with Crippen LogP contribution in [0.25, 0.3) is 0 Å². The van der Waals surface area contributed by atoms with Crippen LogP contribution in [0.2, 0.25) is 0 Å². The van der Waals surface area contributed by atoms with Gasteiger partial charge in [-0.25, -0.2) is 0 Å². The predicted octanol–water partition coefficient (Wildman–Crippen LogP) is -0.288. The smallest absolute Gasteiger partial charge is 0.137 e. The number of carboxylic acids is 1. The number of aliphatic hydroxyl groups excluding tert-OH is 4. The monoisotopic (exact) mass is 807 g/mol. The number of methoxy groups -OCH3 is 2. The highest BCUT2D eigenvalue weighted by Crippen LogP contribution is 2.67. The zero-order chi connectivity index (χ0) is 40.5. The van der Waals surface area contributed by atoms with Gasteiger partial charge in [-0.2, -0.15) is 0 Å². The average molecular weight is 807 g/mol. The molecule has 0 amide bonds. The summed E-state index contributed by atoms with van der Waals surface area (Å²) >= 11 is 0. The Bertz CT molecular complexity index is 1350. The van der Waals surface area contributed by atoms with Crippen molar-refractivity contribution in [3.8, 4) is 0 Å². The zero-order valence-electron chi connectivity index (χ0n) is 34.9. The number of aliphatic hydroxyl groups is 4. The lowest BCUT2D eigenvalue weighted by molar-refractivity contribution is -0.754. The van der Waals surface area contributed by atoms with Crippen molar-refractivity contribution in [2.75, 3.05) is 34.0 Å². The largest absolute Gasteiger partial charge is 0.549 e. The van der Waals surface area contributed by atoms with Crippen molar-refractivity contribution in [1.29, 1.82) is 0 Å². The number of carbonyl (C=O) groups excluding carboxylic acids is 1. The number of quaternary nitrogens is 2. The topological polar surface area (TPSA) is 217 Å². The molecule has 57 heavy (non-hydrogen) atoms. The quantitative estimate of drug-likeness (QED) is 0.120. The van der Waals surface area contributed by atoms with Gasteiger partial charge in [-0.1, -0.05) is 25.0 Å². The maximum Gasteiger partial charge on any atom is 0.137 e. The van der Waals surface area contributed by atoms with Crippen LogP contribution < -0.4 is 21.5 Å². The molecule has 10 N–H and O–H groups in total. The number of fused-ring (bicyclic) bond motifs is 1. The average Bonchev–Trinajstić information content (AvgIpc) is 3.83. The molecular formula is C44H76N3O10+.